The number of carbonyl (C=O) groups excluding carboxylic acids is 2. The predicted molar refractivity (Wildman–Crippen MR) is 149 cm³/mol. The summed E-state index contributed by atoms with van der Waals surface area (Å²) >= 11 is 1.29. The molecular formula is C30H43NO6S. The maximum absolute atomic E-state index is 13.0. The van der Waals surface area contributed by atoms with Gasteiger partial charge in [-0.25, -0.2) is 4.79 Å². The molecule has 0 aliphatic carbocycles. The lowest BCUT2D eigenvalue weighted by Crippen LogP contribution is -2.60. The van der Waals surface area contributed by atoms with Gasteiger partial charge in [-0.1, -0.05) is 68.0 Å². The molecule has 1 aromatic carbocycles. The van der Waals surface area contributed by atoms with Gasteiger partial charge in [0.05, 0.1) is 19.3 Å². The van der Waals surface area contributed by atoms with E-state index >= 15 is 0 Å². The molecule has 38 heavy (non-hydrogen) atoms. The summed E-state index contributed by atoms with van der Waals surface area (Å²) in [5.74, 6) is 0.00946. The molecule has 3 heterocycles. The summed E-state index contributed by atoms with van der Waals surface area (Å²) < 4.78 is 24.2. The molecule has 2 fully saturated rings. The SMILES string of the molecule is COc1ccc(CN2C(=O)SC[C@H]2[C@@]2(OC)C[C@H]3C[C@@H](CCCCCCCCC/C(C)=C\C(=O)O3)O2)cc1. The van der Waals surface area contributed by atoms with Crippen molar-refractivity contribution in [2.24, 2.45) is 0 Å². The monoisotopic (exact) mass is 545 g/mol. The largest absolute Gasteiger partial charge is 0.497 e. The molecule has 0 unspecified atom stereocenters. The van der Waals surface area contributed by atoms with E-state index in [9.17, 15) is 9.59 Å². The lowest BCUT2D eigenvalue weighted by Gasteiger charge is -2.48. The average Bonchev–Trinajstić information content (AvgIpc) is 3.27. The van der Waals surface area contributed by atoms with Gasteiger partial charge < -0.3 is 23.8 Å². The first-order valence-electron chi connectivity index (χ1n) is 14.1. The topological polar surface area (TPSA) is 74.3 Å². The van der Waals surface area contributed by atoms with Gasteiger partial charge >= 0.3 is 5.97 Å². The van der Waals surface area contributed by atoms with Crippen LogP contribution < -0.4 is 4.74 Å². The molecule has 2 saturated heterocycles. The molecule has 0 spiro atoms. The van der Waals surface area contributed by atoms with Crippen molar-refractivity contribution < 1.29 is 28.5 Å². The van der Waals surface area contributed by atoms with Crippen LogP contribution in [0, 0.1) is 0 Å². The van der Waals surface area contributed by atoms with E-state index in [4.69, 9.17) is 18.9 Å². The average molecular weight is 546 g/mol. The molecule has 8 heteroatoms. The van der Waals surface area contributed by atoms with E-state index in [1.807, 2.05) is 36.1 Å². The van der Waals surface area contributed by atoms with Gasteiger partial charge in [0.1, 0.15) is 11.9 Å². The van der Waals surface area contributed by atoms with Crippen LogP contribution in [0.3, 0.4) is 0 Å². The number of allylic oxidation sites excluding steroid dienone is 1. The minimum absolute atomic E-state index is 0.00882. The van der Waals surface area contributed by atoms with Gasteiger partial charge in [-0.05, 0) is 43.9 Å². The fourth-order valence-electron chi connectivity index (χ4n) is 5.87. The number of methoxy groups -OCH3 is 2. The minimum atomic E-state index is -1.04. The van der Waals surface area contributed by atoms with Crippen molar-refractivity contribution in [3.05, 3.63) is 41.5 Å². The Morgan fingerprint density at radius 2 is 1.71 bits per heavy atom. The summed E-state index contributed by atoms with van der Waals surface area (Å²) in [5.41, 5.74) is 2.07. The summed E-state index contributed by atoms with van der Waals surface area (Å²) in [6.07, 6.45) is 12.4. The molecule has 7 nitrogen and oxygen atoms in total. The summed E-state index contributed by atoms with van der Waals surface area (Å²) in [5, 5.41) is 0.00882. The Labute approximate surface area is 231 Å². The van der Waals surface area contributed by atoms with Gasteiger partial charge in [0.2, 0.25) is 0 Å². The second-order valence-electron chi connectivity index (χ2n) is 10.8. The fourth-order valence-corrected chi connectivity index (χ4v) is 6.96. The van der Waals surface area contributed by atoms with Gasteiger partial charge in [0.25, 0.3) is 5.24 Å². The molecule has 0 radical (unpaired) electrons. The number of amides is 1. The van der Waals surface area contributed by atoms with Crippen molar-refractivity contribution in [3.63, 3.8) is 0 Å². The normalized spacial score (nSPS) is 31.4. The number of fused-ring (bicyclic) bond motifs is 2. The maximum Gasteiger partial charge on any atom is 0.330 e. The minimum Gasteiger partial charge on any atom is -0.497 e. The van der Waals surface area contributed by atoms with E-state index in [1.165, 1.54) is 43.9 Å². The fraction of sp³-hybridized carbons (Fsp3) is 0.667. The second kappa shape index (κ2) is 13.9. The zero-order valence-electron chi connectivity index (χ0n) is 23.1. The Bertz CT molecular complexity index is 966. The predicted octanol–water partition coefficient (Wildman–Crippen LogP) is 6.64. The first-order chi connectivity index (χ1) is 18.4. The molecule has 210 valence electrons. The highest BCUT2D eigenvalue weighted by molar-refractivity contribution is 8.13. The van der Waals surface area contributed by atoms with Crippen molar-refractivity contribution >= 4 is 23.0 Å². The molecule has 3 aliphatic rings. The number of carbonyl (C=O) groups is 2. The molecule has 1 amide bonds. The third-order valence-electron chi connectivity index (χ3n) is 7.99. The highest BCUT2D eigenvalue weighted by atomic mass is 32.2. The van der Waals surface area contributed by atoms with Gasteiger partial charge in [-0.3, -0.25) is 4.79 Å². The molecule has 0 saturated carbocycles. The first-order valence-corrected chi connectivity index (χ1v) is 15.1. The van der Waals surface area contributed by atoms with E-state index in [2.05, 4.69) is 0 Å². The molecule has 4 rings (SSSR count). The van der Waals surface area contributed by atoms with Crippen molar-refractivity contribution in [3.8, 4) is 5.75 Å². The third-order valence-corrected chi connectivity index (χ3v) is 8.95. The van der Waals surface area contributed by atoms with Crippen LogP contribution in [-0.4, -0.2) is 60.1 Å². The molecule has 3 aliphatic heterocycles. The lowest BCUT2D eigenvalue weighted by atomic mass is 9.90. The van der Waals surface area contributed by atoms with Crippen LogP contribution in [0.5, 0.6) is 5.75 Å². The van der Waals surface area contributed by atoms with Crippen molar-refractivity contribution in [1.82, 2.24) is 4.90 Å². The lowest BCUT2D eigenvalue weighted by molar-refractivity contribution is -0.305. The summed E-state index contributed by atoms with van der Waals surface area (Å²) in [4.78, 5) is 27.8. The van der Waals surface area contributed by atoms with E-state index in [0.29, 0.717) is 25.1 Å². The summed E-state index contributed by atoms with van der Waals surface area (Å²) in [6.45, 7) is 2.46. The van der Waals surface area contributed by atoms with Crippen LogP contribution in [0.15, 0.2) is 35.9 Å². The van der Waals surface area contributed by atoms with Crippen LogP contribution in [0.2, 0.25) is 0 Å². The molecule has 0 aromatic heterocycles. The van der Waals surface area contributed by atoms with Crippen LogP contribution >= 0.6 is 11.8 Å². The number of rotatable bonds is 5. The Morgan fingerprint density at radius 3 is 2.42 bits per heavy atom. The van der Waals surface area contributed by atoms with Crippen molar-refractivity contribution in [2.75, 3.05) is 20.0 Å². The Balaban J connectivity index is 1.55. The Hall–Kier alpha value is -2.03. The zero-order valence-corrected chi connectivity index (χ0v) is 23.9. The zero-order chi connectivity index (χ0) is 27.0. The first kappa shape index (κ1) is 29.0. The van der Waals surface area contributed by atoms with Gasteiger partial charge in [-0.2, -0.15) is 0 Å². The van der Waals surface area contributed by atoms with Crippen LogP contribution in [0.1, 0.15) is 83.1 Å². The molecule has 1 aromatic rings. The van der Waals surface area contributed by atoms with E-state index in [-0.39, 0.29) is 29.5 Å². The number of hydrogen-bond donors (Lipinski definition) is 0. The molecule has 4 atom stereocenters. The van der Waals surface area contributed by atoms with Crippen LogP contribution in [-0.2, 0) is 25.5 Å². The standard InChI is InChI=1S/C30H43NO6S/c1-22-11-9-7-5-4-6-8-10-12-25-18-26(36-28(32)17-22)19-30(35-3,37-25)27-21-38-29(33)31(27)20-23-13-15-24(34-2)16-14-23/h13-17,25-27H,4-12,18-21H2,1-3H3/b22-17-/t25-,26-,27+,30-/m1/s1. The number of ether oxygens (including phenoxy) is 4. The Morgan fingerprint density at radius 1 is 1.00 bits per heavy atom. The second-order valence-corrected chi connectivity index (χ2v) is 11.8. The van der Waals surface area contributed by atoms with Gasteiger partial charge in [0.15, 0.2) is 5.79 Å². The number of esters is 1. The highest BCUT2D eigenvalue weighted by Gasteiger charge is 2.54. The van der Waals surface area contributed by atoms with E-state index in [0.717, 1.165) is 42.6 Å². The van der Waals surface area contributed by atoms with Crippen LogP contribution in [0.4, 0.5) is 4.79 Å². The van der Waals surface area contributed by atoms with E-state index < -0.39 is 5.79 Å². The highest BCUT2D eigenvalue weighted by Crippen LogP contribution is 2.43. The van der Waals surface area contributed by atoms with Crippen molar-refractivity contribution in [2.45, 2.75) is 108 Å². The quantitative estimate of drug-likeness (QED) is 0.384. The molecular weight excluding hydrogens is 502 g/mol. The van der Waals surface area contributed by atoms with Gasteiger partial charge in [0, 0.05) is 38.3 Å². The maximum atomic E-state index is 13.0. The van der Waals surface area contributed by atoms with Crippen molar-refractivity contribution in [1.29, 1.82) is 0 Å². The number of hydrogen-bond acceptors (Lipinski definition) is 7. The van der Waals surface area contributed by atoms with E-state index in [1.54, 1.807) is 20.3 Å². The smallest absolute Gasteiger partial charge is 0.330 e. The van der Waals surface area contributed by atoms with Gasteiger partial charge in [-0.15, -0.1) is 0 Å². The number of thioether (sulfide) groups is 1. The molecule has 0 N–H and O–H groups in total. The molecule has 2 bridgehead atoms. The summed E-state index contributed by atoms with van der Waals surface area (Å²) in [7, 11) is 3.29. The Kier molecular flexibility index (Phi) is 10.6. The van der Waals surface area contributed by atoms with Crippen LogP contribution in [0.25, 0.3) is 0 Å². The summed E-state index contributed by atoms with van der Waals surface area (Å²) in [6, 6.07) is 7.47. The number of nitrogens with zero attached hydrogens (tertiary/aromatic N) is 1. The third kappa shape index (κ3) is 7.54. The number of benzene rings is 1.